The van der Waals surface area contributed by atoms with Crippen molar-refractivity contribution in [3.8, 4) is 17.2 Å². The molecule has 19 heavy (non-hydrogen) atoms. The molecule has 0 heterocycles. The Hall–Kier alpha value is -1.52. The summed E-state index contributed by atoms with van der Waals surface area (Å²) in [4.78, 5) is 0. The van der Waals surface area contributed by atoms with Crippen molar-refractivity contribution in [2.24, 2.45) is 0 Å². The van der Waals surface area contributed by atoms with E-state index in [1.807, 2.05) is 49.4 Å². The molecule has 0 saturated heterocycles. The molecule has 4 heteroatoms. The smallest absolute Gasteiger partial charge is 0.133 e. The third-order valence-electron chi connectivity index (χ3n) is 2.54. The van der Waals surface area contributed by atoms with E-state index in [4.69, 9.17) is 9.47 Å². The summed E-state index contributed by atoms with van der Waals surface area (Å²) in [5.41, 5.74) is 0.733. The maximum Gasteiger partial charge on any atom is 0.133 e. The number of rotatable bonds is 5. The van der Waals surface area contributed by atoms with E-state index in [0.29, 0.717) is 18.1 Å². The van der Waals surface area contributed by atoms with E-state index in [2.05, 4.69) is 15.9 Å². The zero-order chi connectivity index (χ0) is 13.7. The Morgan fingerprint density at radius 1 is 1.11 bits per heavy atom. The SMILES string of the molecule is CCOc1cccc(Oc2ccc(Br)cc2CO)c1. The minimum Gasteiger partial charge on any atom is -0.494 e. The van der Waals surface area contributed by atoms with Crippen LogP contribution in [0.15, 0.2) is 46.9 Å². The van der Waals surface area contributed by atoms with Crippen LogP contribution in [0.25, 0.3) is 0 Å². The van der Waals surface area contributed by atoms with E-state index in [0.717, 1.165) is 15.8 Å². The lowest BCUT2D eigenvalue weighted by Crippen LogP contribution is -1.94. The average Bonchev–Trinajstić information content (AvgIpc) is 2.41. The Balaban J connectivity index is 2.23. The van der Waals surface area contributed by atoms with Gasteiger partial charge in [0.15, 0.2) is 0 Å². The van der Waals surface area contributed by atoms with Gasteiger partial charge in [0.25, 0.3) is 0 Å². The lowest BCUT2D eigenvalue weighted by atomic mass is 10.2. The van der Waals surface area contributed by atoms with Crippen LogP contribution < -0.4 is 9.47 Å². The van der Waals surface area contributed by atoms with Gasteiger partial charge >= 0.3 is 0 Å². The molecule has 0 bridgehead atoms. The second-order valence-electron chi connectivity index (χ2n) is 3.92. The van der Waals surface area contributed by atoms with Crippen LogP contribution in [0.5, 0.6) is 17.2 Å². The average molecular weight is 323 g/mol. The summed E-state index contributed by atoms with van der Waals surface area (Å²) in [7, 11) is 0. The van der Waals surface area contributed by atoms with Gasteiger partial charge in [-0.05, 0) is 37.3 Å². The van der Waals surface area contributed by atoms with Crippen LogP contribution in [-0.2, 0) is 6.61 Å². The Morgan fingerprint density at radius 2 is 1.89 bits per heavy atom. The molecule has 0 atom stereocenters. The van der Waals surface area contributed by atoms with Crippen LogP contribution in [0.2, 0.25) is 0 Å². The van der Waals surface area contributed by atoms with Gasteiger partial charge in [-0.25, -0.2) is 0 Å². The summed E-state index contributed by atoms with van der Waals surface area (Å²) in [6.07, 6.45) is 0. The standard InChI is InChI=1S/C15H15BrO3/c1-2-18-13-4-3-5-14(9-13)19-15-7-6-12(16)8-11(15)10-17/h3-9,17H,2,10H2,1H3. The number of hydrogen-bond acceptors (Lipinski definition) is 3. The molecule has 1 N–H and O–H groups in total. The van der Waals surface area contributed by atoms with Gasteiger partial charge in [-0.2, -0.15) is 0 Å². The lowest BCUT2D eigenvalue weighted by molar-refractivity contribution is 0.276. The van der Waals surface area contributed by atoms with Gasteiger partial charge in [0, 0.05) is 16.1 Å². The van der Waals surface area contributed by atoms with Gasteiger partial charge < -0.3 is 14.6 Å². The summed E-state index contributed by atoms with van der Waals surface area (Å²) < 4.78 is 12.1. The van der Waals surface area contributed by atoms with Crippen LogP contribution in [0.3, 0.4) is 0 Å². The molecule has 3 nitrogen and oxygen atoms in total. The van der Waals surface area contributed by atoms with Gasteiger partial charge in [-0.3, -0.25) is 0 Å². The maximum absolute atomic E-state index is 9.33. The van der Waals surface area contributed by atoms with E-state index < -0.39 is 0 Å². The summed E-state index contributed by atoms with van der Waals surface area (Å²) in [5.74, 6) is 2.09. The highest BCUT2D eigenvalue weighted by molar-refractivity contribution is 9.10. The third kappa shape index (κ3) is 3.72. The van der Waals surface area contributed by atoms with Gasteiger partial charge in [0.05, 0.1) is 13.2 Å². The molecule has 2 aromatic carbocycles. The molecule has 0 unspecified atom stereocenters. The third-order valence-corrected chi connectivity index (χ3v) is 3.03. The topological polar surface area (TPSA) is 38.7 Å². The summed E-state index contributed by atoms with van der Waals surface area (Å²) in [6, 6.07) is 13.0. The molecule has 2 rings (SSSR count). The van der Waals surface area contributed by atoms with Crippen LogP contribution in [0.1, 0.15) is 12.5 Å². The number of aliphatic hydroxyl groups excluding tert-OH is 1. The van der Waals surface area contributed by atoms with Crippen molar-refractivity contribution >= 4 is 15.9 Å². The van der Waals surface area contributed by atoms with Crippen molar-refractivity contribution in [2.45, 2.75) is 13.5 Å². The summed E-state index contributed by atoms with van der Waals surface area (Å²) >= 11 is 3.37. The molecule has 0 aliphatic carbocycles. The highest BCUT2D eigenvalue weighted by atomic mass is 79.9. The molecule has 0 aliphatic heterocycles. The summed E-state index contributed by atoms with van der Waals surface area (Å²) in [5, 5.41) is 9.33. The second kappa shape index (κ2) is 6.59. The first kappa shape index (κ1) is 13.9. The molecular weight excluding hydrogens is 308 g/mol. The van der Waals surface area contributed by atoms with Crippen LogP contribution >= 0.6 is 15.9 Å². The van der Waals surface area contributed by atoms with Crippen LogP contribution in [0.4, 0.5) is 0 Å². The first-order valence-corrected chi connectivity index (χ1v) is 6.82. The first-order chi connectivity index (χ1) is 9.22. The zero-order valence-corrected chi connectivity index (χ0v) is 12.2. The van der Waals surface area contributed by atoms with Crippen molar-refractivity contribution in [3.05, 3.63) is 52.5 Å². The molecular formula is C15H15BrO3. The lowest BCUT2D eigenvalue weighted by Gasteiger charge is -2.11. The molecule has 0 fully saturated rings. The molecule has 0 radical (unpaired) electrons. The van der Waals surface area contributed by atoms with Crippen LogP contribution in [0, 0.1) is 0 Å². The van der Waals surface area contributed by atoms with Crippen molar-refractivity contribution in [1.29, 1.82) is 0 Å². The number of hydrogen-bond donors (Lipinski definition) is 1. The van der Waals surface area contributed by atoms with Crippen molar-refractivity contribution in [3.63, 3.8) is 0 Å². The number of ether oxygens (including phenoxy) is 2. The normalized spacial score (nSPS) is 10.3. The fraction of sp³-hybridized carbons (Fsp3) is 0.200. The fourth-order valence-electron chi connectivity index (χ4n) is 1.69. The van der Waals surface area contributed by atoms with Crippen LogP contribution in [-0.4, -0.2) is 11.7 Å². The Morgan fingerprint density at radius 3 is 2.63 bits per heavy atom. The molecule has 0 saturated carbocycles. The molecule has 2 aromatic rings. The Labute approximate surface area is 120 Å². The largest absolute Gasteiger partial charge is 0.494 e. The minimum atomic E-state index is -0.0695. The Bertz CT molecular complexity index is 555. The predicted molar refractivity (Wildman–Crippen MR) is 77.7 cm³/mol. The number of benzene rings is 2. The van der Waals surface area contributed by atoms with Gasteiger partial charge in [-0.1, -0.05) is 22.0 Å². The van der Waals surface area contributed by atoms with Gasteiger partial charge in [0.2, 0.25) is 0 Å². The van der Waals surface area contributed by atoms with Crippen molar-refractivity contribution in [2.75, 3.05) is 6.61 Å². The fourth-order valence-corrected chi connectivity index (χ4v) is 2.10. The van der Waals surface area contributed by atoms with Crippen molar-refractivity contribution in [1.82, 2.24) is 0 Å². The van der Waals surface area contributed by atoms with Crippen molar-refractivity contribution < 1.29 is 14.6 Å². The monoisotopic (exact) mass is 322 g/mol. The number of halogens is 1. The zero-order valence-electron chi connectivity index (χ0n) is 10.6. The first-order valence-electron chi connectivity index (χ1n) is 6.03. The Kier molecular flexibility index (Phi) is 4.82. The van der Waals surface area contributed by atoms with E-state index >= 15 is 0 Å². The molecule has 0 amide bonds. The molecule has 0 aromatic heterocycles. The van der Waals surface area contributed by atoms with E-state index in [9.17, 15) is 5.11 Å². The predicted octanol–water partition coefficient (Wildman–Crippen LogP) is 4.13. The van der Waals surface area contributed by atoms with E-state index in [1.54, 1.807) is 0 Å². The number of aliphatic hydroxyl groups is 1. The van der Waals surface area contributed by atoms with Gasteiger partial charge in [0.1, 0.15) is 17.2 Å². The summed E-state index contributed by atoms with van der Waals surface area (Å²) in [6.45, 7) is 2.48. The molecule has 0 spiro atoms. The minimum absolute atomic E-state index is 0.0695. The molecule has 100 valence electrons. The highest BCUT2D eigenvalue weighted by Crippen LogP contribution is 2.29. The highest BCUT2D eigenvalue weighted by Gasteiger charge is 2.06. The quantitative estimate of drug-likeness (QED) is 0.899. The molecule has 0 aliphatic rings. The second-order valence-corrected chi connectivity index (χ2v) is 4.84. The van der Waals surface area contributed by atoms with Gasteiger partial charge in [-0.15, -0.1) is 0 Å². The van der Waals surface area contributed by atoms with E-state index in [1.165, 1.54) is 0 Å². The maximum atomic E-state index is 9.33. The van der Waals surface area contributed by atoms with E-state index in [-0.39, 0.29) is 6.61 Å².